The number of hydrogen-bond acceptors (Lipinski definition) is 4. The van der Waals surface area contributed by atoms with E-state index in [-0.39, 0.29) is 36.2 Å². The lowest BCUT2D eigenvalue weighted by Gasteiger charge is -2.23. The number of ether oxygens (including phenoxy) is 2. The van der Waals surface area contributed by atoms with Crippen LogP contribution in [0.3, 0.4) is 0 Å². The molecule has 0 saturated heterocycles. The molecule has 0 aliphatic heterocycles. The molecule has 0 spiro atoms. The molecular formula is C40H48F2O4Si. The van der Waals surface area contributed by atoms with Crippen LogP contribution >= 0.6 is 0 Å². The van der Waals surface area contributed by atoms with Crippen LogP contribution in [-0.2, 0) is 16.1 Å². The molecule has 0 aliphatic rings. The molecule has 1 N–H and O–H groups in total. The lowest BCUT2D eigenvalue weighted by molar-refractivity contribution is -0.148. The van der Waals surface area contributed by atoms with E-state index >= 15 is 8.78 Å². The van der Waals surface area contributed by atoms with Gasteiger partial charge in [-0.25, -0.2) is 8.78 Å². The maximum atomic E-state index is 15.7. The summed E-state index contributed by atoms with van der Waals surface area (Å²) < 4.78 is 42.7. The zero-order chi connectivity index (χ0) is 34.0. The Balaban J connectivity index is 1.55. The molecule has 0 fully saturated rings. The van der Waals surface area contributed by atoms with E-state index in [1.807, 2.05) is 24.3 Å². The molecular weight excluding hydrogens is 611 g/mol. The molecule has 7 heteroatoms. The summed E-state index contributed by atoms with van der Waals surface area (Å²) in [6.07, 6.45) is 4.73. The fraction of sp³-hybridized carbons (Fsp3) is 0.375. The molecule has 47 heavy (non-hydrogen) atoms. The van der Waals surface area contributed by atoms with E-state index < -0.39 is 19.7 Å². The molecule has 0 atom stereocenters. The van der Waals surface area contributed by atoms with Gasteiger partial charge in [-0.05, 0) is 53.6 Å². The van der Waals surface area contributed by atoms with Crippen molar-refractivity contribution in [2.75, 3.05) is 13.2 Å². The van der Waals surface area contributed by atoms with Gasteiger partial charge in [0.25, 0.3) is 0 Å². The van der Waals surface area contributed by atoms with Crippen LogP contribution in [0.5, 0.6) is 5.75 Å². The number of halogens is 2. The van der Waals surface area contributed by atoms with Gasteiger partial charge in [0, 0.05) is 23.3 Å². The second-order valence-corrected chi connectivity index (χ2v) is 18.0. The highest BCUT2D eigenvalue weighted by atomic mass is 28.3. The first-order chi connectivity index (χ1) is 22.6. The molecule has 4 rings (SSSR count). The Morgan fingerprint density at radius 3 is 1.94 bits per heavy atom. The van der Waals surface area contributed by atoms with Crippen molar-refractivity contribution in [3.05, 3.63) is 96.1 Å². The number of benzene rings is 4. The number of carbonyl (C=O) groups excluding carboxylic acids is 1. The van der Waals surface area contributed by atoms with Crippen LogP contribution in [0.15, 0.2) is 78.9 Å². The third kappa shape index (κ3) is 9.39. The minimum absolute atomic E-state index is 0.0490. The first kappa shape index (κ1) is 36.0. The molecule has 0 radical (unpaired) electrons. The zero-order valence-corrected chi connectivity index (χ0v) is 29.4. The topological polar surface area (TPSA) is 55.8 Å². The standard InChI is InChI=1S/C40H48F2O4Si/c1-6-7-25-47(4,5)34-18-15-30(16-19-34)29-11-13-31(14-12-29)35-20-21-36(39(42)38(35)41)32-17-22-37(45-24-10-8-9-23-43)33(26-32)27-46-40(44)28(2)3/h11-22,26,28,43H,6-10,23-25,27H2,1-5H3. The highest BCUT2D eigenvalue weighted by molar-refractivity contribution is 6.89. The maximum absolute atomic E-state index is 15.7. The van der Waals surface area contributed by atoms with E-state index in [0.717, 1.165) is 24.0 Å². The first-order valence-electron chi connectivity index (χ1n) is 16.8. The molecule has 0 aromatic heterocycles. The maximum Gasteiger partial charge on any atom is 0.308 e. The summed E-state index contributed by atoms with van der Waals surface area (Å²) in [6.45, 7) is 11.1. The van der Waals surface area contributed by atoms with Gasteiger partial charge < -0.3 is 14.6 Å². The summed E-state index contributed by atoms with van der Waals surface area (Å²) in [4.78, 5) is 12.2. The Morgan fingerprint density at radius 1 is 0.766 bits per heavy atom. The monoisotopic (exact) mass is 658 g/mol. The van der Waals surface area contributed by atoms with Gasteiger partial charge in [0.2, 0.25) is 0 Å². The summed E-state index contributed by atoms with van der Waals surface area (Å²) in [6, 6.07) is 25.9. The van der Waals surface area contributed by atoms with Gasteiger partial charge >= 0.3 is 5.97 Å². The minimum Gasteiger partial charge on any atom is -0.493 e. The molecule has 250 valence electrons. The Morgan fingerprint density at radius 2 is 1.34 bits per heavy atom. The number of unbranched alkanes of at least 4 members (excludes halogenated alkanes) is 3. The summed E-state index contributed by atoms with van der Waals surface area (Å²) in [5.41, 5.74) is 4.02. The average Bonchev–Trinajstić information content (AvgIpc) is 3.08. The number of aliphatic hydroxyl groups is 1. The van der Waals surface area contributed by atoms with Gasteiger partial charge in [-0.2, -0.15) is 0 Å². The van der Waals surface area contributed by atoms with Crippen molar-refractivity contribution < 1.29 is 28.2 Å². The second kappa shape index (κ2) is 16.8. The van der Waals surface area contributed by atoms with Crippen molar-refractivity contribution in [3.63, 3.8) is 0 Å². The van der Waals surface area contributed by atoms with E-state index in [9.17, 15) is 4.79 Å². The largest absolute Gasteiger partial charge is 0.493 e. The minimum atomic E-state index is -1.46. The number of rotatable bonds is 16. The van der Waals surface area contributed by atoms with Crippen molar-refractivity contribution >= 4 is 19.2 Å². The Labute approximate surface area is 279 Å². The Kier molecular flexibility index (Phi) is 12.9. The summed E-state index contributed by atoms with van der Waals surface area (Å²) in [5.74, 6) is -2.01. The molecule has 0 aliphatic carbocycles. The molecule has 4 aromatic carbocycles. The predicted molar refractivity (Wildman–Crippen MR) is 191 cm³/mol. The van der Waals surface area contributed by atoms with Gasteiger partial charge in [0.05, 0.1) is 20.6 Å². The Bertz CT molecular complexity index is 1620. The third-order valence-corrected chi connectivity index (χ3v) is 12.2. The van der Waals surface area contributed by atoms with Gasteiger partial charge in [-0.15, -0.1) is 0 Å². The van der Waals surface area contributed by atoms with Crippen LogP contribution in [0, 0.1) is 17.6 Å². The van der Waals surface area contributed by atoms with Gasteiger partial charge in [0.15, 0.2) is 11.6 Å². The van der Waals surface area contributed by atoms with Gasteiger partial charge in [-0.3, -0.25) is 4.79 Å². The predicted octanol–water partition coefficient (Wildman–Crippen LogP) is 9.92. The molecule has 0 heterocycles. The van der Waals surface area contributed by atoms with Crippen molar-refractivity contribution in [2.45, 2.75) is 78.6 Å². The quantitative estimate of drug-likeness (QED) is 0.0740. The number of hydrogen-bond donors (Lipinski definition) is 1. The Hall–Kier alpha value is -3.81. The van der Waals surface area contributed by atoms with Crippen LogP contribution in [0.25, 0.3) is 33.4 Å². The van der Waals surface area contributed by atoms with Crippen LogP contribution in [-0.4, -0.2) is 32.4 Å². The number of esters is 1. The highest BCUT2D eigenvalue weighted by Crippen LogP contribution is 2.35. The van der Waals surface area contributed by atoms with E-state index in [0.29, 0.717) is 35.5 Å². The van der Waals surface area contributed by atoms with Gasteiger partial charge in [-0.1, -0.05) is 125 Å². The van der Waals surface area contributed by atoms with E-state index in [2.05, 4.69) is 44.3 Å². The van der Waals surface area contributed by atoms with Crippen molar-refractivity contribution in [1.82, 2.24) is 0 Å². The lowest BCUT2D eigenvalue weighted by Crippen LogP contribution is -2.40. The molecule has 0 saturated carbocycles. The summed E-state index contributed by atoms with van der Waals surface area (Å²) >= 11 is 0. The SMILES string of the molecule is CCCC[Si](C)(C)c1ccc(-c2ccc(-c3ccc(-c4ccc(OCCCCCO)c(COC(=O)C(C)C)c4)c(F)c3F)cc2)cc1. The molecule has 0 unspecified atom stereocenters. The summed E-state index contributed by atoms with van der Waals surface area (Å²) in [7, 11) is -1.46. The van der Waals surface area contributed by atoms with E-state index in [4.69, 9.17) is 14.6 Å². The fourth-order valence-electron chi connectivity index (χ4n) is 5.60. The third-order valence-electron chi connectivity index (χ3n) is 8.71. The van der Waals surface area contributed by atoms with Crippen molar-refractivity contribution in [2.24, 2.45) is 5.92 Å². The fourth-order valence-corrected chi connectivity index (χ4v) is 8.20. The van der Waals surface area contributed by atoms with Crippen LogP contribution in [0.1, 0.15) is 58.4 Å². The normalized spacial score (nSPS) is 11.6. The average molecular weight is 659 g/mol. The molecule has 0 amide bonds. The lowest BCUT2D eigenvalue weighted by atomic mass is 9.96. The van der Waals surface area contributed by atoms with E-state index in [1.54, 1.807) is 44.2 Å². The number of carbonyl (C=O) groups is 1. The van der Waals surface area contributed by atoms with Crippen molar-refractivity contribution in [1.29, 1.82) is 0 Å². The smallest absolute Gasteiger partial charge is 0.308 e. The van der Waals surface area contributed by atoms with Crippen molar-refractivity contribution in [3.8, 4) is 39.1 Å². The molecule has 4 nitrogen and oxygen atoms in total. The molecule has 0 bridgehead atoms. The number of aliphatic hydroxyl groups excluding tert-OH is 1. The van der Waals surface area contributed by atoms with Crippen LogP contribution < -0.4 is 9.92 Å². The highest BCUT2D eigenvalue weighted by Gasteiger charge is 2.22. The van der Waals surface area contributed by atoms with Gasteiger partial charge in [0.1, 0.15) is 12.4 Å². The molecule has 4 aromatic rings. The van der Waals surface area contributed by atoms with Crippen LogP contribution in [0.4, 0.5) is 8.78 Å². The second-order valence-electron chi connectivity index (χ2n) is 13.1. The van der Waals surface area contributed by atoms with E-state index in [1.165, 1.54) is 24.1 Å². The zero-order valence-electron chi connectivity index (χ0n) is 28.4. The first-order valence-corrected chi connectivity index (χ1v) is 20.0. The summed E-state index contributed by atoms with van der Waals surface area (Å²) in [5, 5.41) is 10.5. The van der Waals surface area contributed by atoms with Crippen LogP contribution in [0.2, 0.25) is 19.1 Å².